The summed E-state index contributed by atoms with van der Waals surface area (Å²) in [5, 5.41) is 26.2. The van der Waals surface area contributed by atoms with E-state index in [2.05, 4.69) is 5.32 Å². The normalized spacial score (nSPS) is 19.4. The lowest BCUT2D eigenvalue weighted by Gasteiger charge is -2.32. The number of carbonyl (C=O) groups is 4. The molecule has 0 aromatic heterocycles. The van der Waals surface area contributed by atoms with Gasteiger partial charge in [-0.05, 0) is 74.8 Å². The Bertz CT molecular complexity index is 1430. The van der Waals surface area contributed by atoms with Crippen molar-refractivity contribution in [2.24, 2.45) is 5.73 Å². The summed E-state index contributed by atoms with van der Waals surface area (Å²) in [7, 11) is 1.54. The first kappa shape index (κ1) is 34.5. The molecule has 0 bridgehead atoms. The molecule has 5 N–H and O–H groups in total. The molecule has 11 nitrogen and oxygen atoms in total. The van der Waals surface area contributed by atoms with Crippen molar-refractivity contribution in [1.29, 1.82) is 0 Å². The topological polar surface area (TPSA) is 168 Å². The summed E-state index contributed by atoms with van der Waals surface area (Å²) >= 11 is 0. The summed E-state index contributed by atoms with van der Waals surface area (Å²) in [6.07, 6.45) is 7.29. The Kier molecular flexibility index (Phi) is 12.2. The fourth-order valence-corrected chi connectivity index (χ4v) is 6.17. The minimum atomic E-state index is -0.820. The molecule has 1 unspecified atom stereocenters. The van der Waals surface area contributed by atoms with Crippen molar-refractivity contribution in [2.45, 2.75) is 82.8 Å². The number of methoxy groups -OCH3 is 1. The van der Waals surface area contributed by atoms with Crippen LogP contribution < -0.4 is 15.8 Å². The number of esters is 1. The third-order valence-corrected chi connectivity index (χ3v) is 8.64. The minimum Gasteiger partial charge on any atom is -0.507 e. The predicted octanol–water partition coefficient (Wildman–Crippen LogP) is 4.18. The second-order valence-corrected chi connectivity index (χ2v) is 12.2. The first-order chi connectivity index (χ1) is 22.0. The van der Waals surface area contributed by atoms with Crippen LogP contribution in [0, 0.1) is 0 Å². The van der Waals surface area contributed by atoms with E-state index in [1.807, 2.05) is 4.90 Å². The van der Waals surface area contributed by atoms with Gasteiger partial charge in [0.05, 0.1) is 19.8 Å². The lowest BCUT2D eigenvalue weighted by molar-refractivity contribution is -0.123. The average molecular weight is 636 g/mol. The summed E-state index contributed by atoms with van der Waals surface area (Å²) in [5.41, 5.74) is 6.17. The van der Waals surface area contributed by atoms with Crippen molar-refractivity contribution < 1.29 is 38.9 Å². The fourth-order valence-electron chi connectivity index (χ4n) is 6.17. The number of ether oxygens (including phenoxy) is 2. The number of phenolic OH excluding ortho intramolecular Hbond substituents is 2. The SMILES string of the molecule is COc1ccc(C(CC(=O)NC2CCN(CC(N)=O)CC2)c2c(O)cc3c(c2O)C(=O)O[C@@H](C)CCCC(=O)CCCC=C3)cc1. The number of nitrogens with two attached hydrogens (primary N) is 1. The third kappa shape index (κ3) is 9.32. The number of nitrogens with one attached hydrogen (secondary N) is 1. The number of hydrogen-bond donors (Lipinski definition) is 4. The van der Waals surface area contributed by atoms with Gasteiger partial charge in [-0.2, -0.15) is 0 Å². The number of hydrogen-bond acceptors (Lipinski definition) is 9. The summed E-state index contributed by atoms with van der Waals surface area (Å²) < 4.78 is 11.0. The van der Waals surface area contributed by atoms with Gasteiger partial charge in [0.25, 0.3) is 0 Å². The minimum absolute atomic E-state index is 0.0417. The van der Waals surface area contributed by atoms with E-state index >= 15 is 0 Å². The molecule has 4 rings (SSSR count). The number of phenols is 2. The zero-order valence-electron chi connectivity index (χ0n) is 26.6. The number of nitrogens with zero attached hydrogens (tertiary/aromatic N) is 1. The second kappa shape index (κ2) is 16.3. The Hall–Kier alpha value is -4.38. The molecule has 0 aliphatic carbocycles. The lowest BCUT2D eigenvalue weighted by Crippen LogP contribution is -2.46. The Morgan fingerprint density at radius 3 is 2.46 bits per heavy atom. The number of Topliss-reactive ketones (excluding diaryl/α,β-unsaturated/α-hetero) is 1. The van der Waals surface area contributed by atoms with Crippen molar-refractivity contribution in [3.05, 3.63) is 58.7 Å². The van der Waals surface area contributed by atoms with Gasteiger partial charge in [-0.15, -0.1) is 0 Å². The number of aromatic hydroxyl groups is 2. The third-order valence-electron chi connectivity index (χ3n) is 8.64. The van der Waals surface area contributed by atoms with Gasteiger partial charge in [0.2, 0.25) is 11.8 Å². The molecule has 248 valence electrons. The van der Waals surface area contributed by atoms with Gasteiger partial charge < -0.3 is 30.7 Å². The highest BCUT2D eigenvalue weighted by atomic mass is 16.5. The number of amides is 2. The van der Waals surface area contributed by atoms with E-state index in [0.717, 1.165) is 0 Å². The standard InChI is InChI=1S/C35H45N3O8/c1-22-7-6-10-26(39)9-5-3-4-8-24-19-29(40)33(34(43)32(24)35(44)46-22)28(23-11-13-27(45-2)14-12-23)20-31(42)37-25-15-17-38(18-16-25)21-30(36)41/h4,8,11-14,19,22,25,28,40,43H,3,5-7,9-10,15-18,20-21H2,1-2H3,(H2,36,41)(H,37,42)/t22-,28?/m0/s1. The van der Waals surface area contributed by atoms with Gasteiger partial charge in [-0.1, -0.05) is 24.3 Å². The Balaban J connectivity index is 1.68. The lowest BCUT2D eigenvalue weighted by atomic mass is 9.84. The molecule has 11 heteroatoms. The van der Waals surface area contributed by atoms with E-state index in [9.17, 15) is 29.4 Å². The van der Waals surface area contributed by atoms with Crippen LogP contribution in [0.1, 0.15) is 97.7 Å². The first-order valence-corrected chi connectivity index (χ1v) is 16.0. The van der Waals surface area contributed by atoms with Crippen LogP contribution in [0.4, 0.5) is 0 Å². The molecule has 2 aliphatic heterocycles. The maximum Gasteiger partial charge on any atom is 0.342 e. The van der Waals surface area contributed by atoms with Gasteiger partial charge >= 0.3 is 5.97 Å². The molecule has 2 amide bonds. The molecule has 2 aromatic carbocycles. The number of likely N-dealkylation sites (tertiary alicyclic amines) is 1. The van der Waals surface area contributed by atoms with Crippen LogP contribution in [0.5, 0.6) is 17.2 Å². The van der Waals surface area contributed by atoms with Crippen molar-refractivity contribution in [3.8, 4) is 17.2 Å². The summed E-state index contributed by atoms with van der Waals surface area (Å²) in [6, 6.07) is 8.26. The molecule has 1 saturated heterocycles. The van der Waals surface area contributed by atoms with Crippen LogP contribution in [0.2, 0.25) is 0 Å². The number of allylic oxidation sites excluding steroid dienone is 1. The van der Waals surface area contributed by atoms with E-state index in [1.165, 1.54) is 13.2 Å². The highest BCUT2D eigenvalue weighted by Gasteiger charge is 2.32. The van der Waals surface area contributed by atoms with Crippen LogP contribution in [0.25, 0.3) is 6.08 Å². The van der Waals surface area contributed by atoms with Crippen LogP contribution in [0.15, 0.2) is 36.4 Å². The number of ketones is 1. The fraction of sp³-hybridized carbons (Fsp3) is 0.486. The van der Waals surface area contributed by atoms with Crippen molar-refractivity contribution in [3.63, 3.8) is 0 Å². The molecule has 0 radical (unpaired) electrons. The van der Waals surface area contributed by atoms with Gasteiger partial charge in [0.15, 0.2) is 0 Å². The van der Waals surface area contributed by atoms with Crippen molar-refractivity contribution >= 4 is 29.6 Å². The largest absolute Gasteiger partial charge is 0.507 e. The highest BCUT2D eigenvalue weighted by molar-refractivity contribution is 5.98. The van der Waals surface area contributed by atoms with Gasteiger partial charge in [-0.25, -0.2) is 4.79 Å². The number of primary amides is 1. The maximum atomic E-state index is 13.6. The number of benzene rings is 2. The molecule has 0 saturated carbocycles. The van der Waals surface area contributed by atoms with Crippen LogP contribution in [-0.2, 0) is 19.1 Å². The zero-order chi connectivity index (χ0) is 33.2. The smallest absolute Gasteiger partial charge is 0.342 e. The quantitative estimate of drug-likeness (QED) is 0.311. The molecule has 2 heterocycles. The number of piperidine rings is 1. The number of rotatable bonds is 8. The molecule has 2 aromatic rings. The van der Waals surface area contributed by atoms with E-state index in [-0.39, 0.29) is 53.1 Å². The summed E-state index contributed by atoms with van der Waals surface area (Å²) in [4.78, 5) is 52.4. The number of fused-ring (bicyclic) bond motifs is 1. The van der Waals surface area contributed by atoms with Gasteiger partial charge in [0, 0.05) is 49.9 Å². The molecule has 46 heavy (non-hydrogen) atoms. The average Bonchev–Trinajstić information content (AvgIpc) is 3.00. The van der Waals surface area contributed by atoms with Crippen LogP contribution in [-0.4, -0.2) is 77.6 Å². The Labute approximate surface area is 269 Å². The molecule has 0 spiro atoms. The second-order valence-electron chi connectivity index (χ2n) is 12.2. The van der Waals surface area contributed by atoms with E-state index in [1.54, 1.807) is 43.3 Å². The molecule has 1 fully saturated rings. The maximum absolute atomic E-state index is 13.6. The van der Waals surface area contributed by atoms with E-state index < -0.39 is 29.6 Å². The molecular weight excluding hydrogens is 590 g/mol. The predicted molar refractivity (Wildman–Crippen MR) is 173 cm³/mol. The number of cyclic esters (lactones) is 1. The first-order valence-electron chi connectivity index (χ1n) is 16.0. The monoisotopic (exact) mass is 635 g/mol. The Morgan fingerprint density at radius 1 is 1.09 bits per heavy atom. The zero-order valence-corrected chi connectivity index (χ0v) is 26.6. The highest BCUT2D eigenvalue weighted by Crippen LogP contribution is 2.44. The van der Waals surface area contributed by atoms with Crippen LogP contribution in [0.3, 0.4) is 0 Å². The van der Waals surface area contributed by atoms with E-state index in [4.69, 9.17) is 15.2 Å². The summed E-state index contributed by atoms with van der Waals surface area (Å²) in [5.74, 6) is -2.22. The van der Waals surface area contributed by atoms with E-state index in [0.29, 0.717) is 75.8 Å². The number of carbonyl (C=O) groups excluding carboxylic acids is 4. The molecule has 2 atom stereocenters. The molecule has 2 aliphatic rings. The molecular formula is C35H45N3O8. The Morgan fingerprint density at radius 2 is 1.78 bits per heavy atom. The van der Waals surface area contributed by atoms with Crippen molar-refractivity contribution in [1.82, 2.24) is 10.2 Å². The summed E-state index contributed by atoms with van der Waals surface area (Å²) in [6.45, 7) is 3.15. The van der Waals surface area contributed by atoms with Crippen molar-refractivity contribution in [2.75, 3.05) is 26.7 Å². The van der Waals surface area contributed by atoms with Gasteiger partial charge in [-0.3, -0.25) is 19.3 Å². The van der Waals surface area contributed by atoms with Gasteiger partial charge in [0.1, 0.15) is 28.6 Å². The van der Waals surface area contributed by atoms with Crippen LogP contribution >= 0.6 is 0 Å².